The smallest absolute Gasteiger partial charge is 0.251 e. The van der Waals surface area contributed by atoms with Gasteiger partial charge in [-0.1, -0.05) is 13.8 Å². The molecule has 1 rings (SSSR count). The van der Waals surface area contributed by atoms with E-state index in [1.165, 1.54) is 21.3 Å². The second kappa shape index (κ2) is 7.76. The molecule has 1 aromatic rings. The summed E-state index contributed by atoms with van der Waals surface area (Å²) in [5, 5.41) is 2.87. The standard InChI is InChI=1S/C16H24NO4/c1-10(2)7-11(3)17-16(18)12-8-13(19-4)15(21-6)14(9-12)20-5/h8-11H,3,7H2,1-2,4-6H3,(H,17,18)/t11-/m0/s1. The van der Waals surface area contributed by atoms with Crippen LogP contribution in [0.4, 0.5) is 0 Å². The van der Waals surface area contributed by atoms with E-state index in [4.69, 9.17) is 14.2 Å². The van der Waals surface area contributed by atoms with Crippen molar-refractivity contribution in [1.29, 1.82) is 0 Å². The van der Waals surface area contributed by atoms with Gasteiger partial charge in [-0.15, -0.1) is 0 Å². The lowest BCUT2D eigenvalue weighted by Gasteiger charge is -2.17. The van der Waals surface area contributed by atoms with Crippen LogP contribution in [0.25, 0.3) is 0 Å². The quantitative estimate of drug-likeness (QED) is 0.840. The number of amides is 1. The second-order valence-electron chi connectivity index (χ2n) is 5.21. The molecule has 1 atom stereocenters. The minimum absolute atomic E-state index is 0.142. The fraction of sp³-hybridized carbons (Fsp3) is 0.500. The lowest BCUT2D eigenvalue weighted by Crippen LogP contribution is -2.33. The fourth-order valence-corrected chi connectivity index (χ4v) is 2.11. The summed E-state index contributed by atoms with van der Waals surface area (Å²) in [7, 11) is 4.55. The van der Waals surface area contributed by atoms with Crippen LogP contribution >= 0.6 is 0 Å². The minimum atomic E-state index is -0.213. The maximum absolute atomic E-state index is 12.3. The van der Waals surface area contributed by atoms with E-state index in [1.54, 1.807) is 12.1 Å². The normalized spacial score (nSPS) is 12.0. The van der Waals surface area contributed by atoms with Crippen molar-refractivity contribution in [2.45, 2.75) is 26.3 Å². The van der Waals surface area contributed by atoms with Crippen molar-refractivity contribution >= 4 is 5.91 Å². The Hall–Kier alpha value is -1.91. The third-order valence-electron chi connectivity index (χ3n) is 3.02. The number of nitrogens with one attached hydrogen (secondary N) is 1. The highest BCUT2D eigenvalue weighted by Crippen LogP contribution is 2.38. The Morgan fingerprint density at radius 2 is 1.67 bits per heavy atom. The van der Waals surface area contributed by atoms with E-state index in [0.717, 1.165) is 6.42 Å². The number of rotatable bonds is 7. The molecule has 0 aliphatic carbocycles. The molecule has 1 N–H and O–H groups in total. The molecular weight excluding hydrogens is 270 g/mol. The van der Waals surface area contributed by atoms with Gasteiger partial charge in [0.25, 0.3) is 5.91 Å². The van der Waals surface area contributed by atoms with E-state index in [9.17, 15) is 4.79 Å². The molecule has 0 aromatic heterocycles. The predicted molar refractivity (Wildman–Crippen MR) is 82.2 cm³/mol. The van der Waals surface area contributed by atoms with Crippen LogP contribution in [0.2, 0.25) is 0 Å². The van der Waals surface area contributed by atoms with Gasteiger partial charge in [-0.2, -0.15) is 0 Å². The van der Waals surface area contributed by atoms with E-state index >= 15 is 0 Å². The number of methoxy groups -OCH3 is 3. The van der Waals surface area contributed by atoms with Crippen molar-refractivity contribution in [1.82, 2.24) is 5.32 Å². The molecule has 1 aromatic carbocycles. The molecular formula is C16H24NO4. The van der Waals surface area contributed by atoms with Gasteiger partial charge in [0, 0.05) is 11.6 Å². The number of hydrogen-bond donors (Lipinski definition) is 1. The Morgan fingerprint density at radius 1 is 1.14 bits per heavy atom. The highest BCUT2D eigenvalue weighted by atomic mass is 16.5. The topological polar surface area (TPSA) is 56.8 Å². The summed E-state index contributed by atoms with van der Waals surface area (Å²) in [6, 6.07) is 3.11. The van der Waals surface area contributed by atoms with Gasteiger partial charge in [0.15, 0.2) is 11.5 Å². The Balaban J connectivity index is 2.99. The molecule has 5 nitrogen and oxygen atoms in total. The van der Waals surface area contributed by atoms with Crippen LogP contribution < -0.4 is 19.5 Å². The molecule has 1 amide bonds. The van der Waals surface area contributed by atoms with Crippen molar-refractivity contribution < 1.29 is 19.0 Å². The Bertz CT molecular complexity index is 460. The lowest BCUT2D eigenvalue weighted by atomic mass is 10.0. The summed E-state index contributed by atoms with van der Waals surface area (Å²) in [5.41, 5.74) is 0.446. The fourth-order valence-electron chi connectivity index (χ4n) is 2.11. The lowest BCUT2D eigenvalue weighted by molar-refractivity contribution is 0.0940. The van der Waals surface area contributed by atoms with E-state index in [2.05, 4.69) is 26.1 Å². The summed E-state index contributed by atoms with van der Waals surface area (Å²) in [6.07, 6.45) is 0.816. The molecule has 0 spiro atoms. The number of hydrogen-bond acceptors (Lipinski definition) is 4. The largest absolute Gasteiger partial charge is 0.493 e. The molecule has 0 fully saturated rings. The van der Waals surface area contributed by atoms with Crippen molar-refractivity contribution in [3.8, 4) is 17.2 Å². The van der Waals surface area contributed by atoms with Crippen LogP contribution in [0.5, 0.6) is 17.2 Å². The van der Waals surface area contributed by atoms with E-state index in [1.807, 2.05) is 0 Å². The zero-order chi connectivity index (χ0) is 16.0. The number of carbonyl (C=O) groups is 1. The first kappa shape index (κ1) is 17.1. The molecule has 0 saturated heterocycles. The van der Waals surface area contributed by atoms with Crippen molar-refractivity contribution in [3.63, 3.8) is 0 Å². The summed E-state index contributed by atoms with van der Waals surface area (Å²) >= 11 is 0. The highest BCUT2D eigenvalue weighted by molar-refractivity contribution is 5.95. The van der Waals surface area contributed by atoms with E-state index in [-0.39, 0.29) is 11.9 Å². The first-order valence-electron chi connectivity index (χ1n) is 6.86. The molecule has 0 bridgehead atoms. The van der Waals surface area contributed by atoms with Crippen LogP contribution in [0.15, 0.2) is 12.1 Å². The maximum atomic E-state index is 12.3. The predicted octanol–water partition coefficient (Wildman–Crippen LogP) is 2.69. The highest BCUT2D eigenvalue weighted by Gasteiger charge is 2.18. The zero-order valence-electron chi connectivity index (χ0n) is 13.4. The van der Waals surface area contributed by atoms with Crippen LogP contribution in [-0.4, -0.2) is 33.3 Å². The van der Waals surface area contributed by atoms with Crippen molar-refractivity contribution in [3.05, 3.63) is 24.6 Å². The van der Waals surface area contributed by atoms with Gasteiger partial charge >= 0.3 is 0 Å². The molecule has 0 heterocycles. The third-order valence-corrected chi connectivity index (χ3v) is 3.02. The van der Waals surface area contributed by atoms with Crippen molar-refractivity contribution in [2.75, 3.05) is 21.3 Å². The van der Waals surface area contributed by atoms with E-state index < -0.39 is 0 Å². The van der Waals surface area contributed by atoms with Gasteiger partial charge in [-0.25, -0.2) is 0 Å². The van der Waals surface area contributed by atoms with Gasteiger partial charge in [-0.05, 0) is 31.4 Å². The van der Waals surface area contributed by atoms with Crippen LogP contribution in [0.1, 0.15) is 30.6 Å². The maximum Gasteiger partial charge on any atom is 0.251 e. The Kier molecular flexibility index (Phi) is 6.34. The summed E-state index contributed by atoms with van der Waals surface area (Å²) in [4.78, 5) is 12.3. The summed E-state index contributed by atoms with van der Waals surface area (Å²) in [5.74, 6) is 1.62. The first-order valence-corrected chi connectivity index (χ1v) is 6.86. The van der Waals surface area contributed by atoms with Crippen LogP contribution in [0.3, 0.4) is 0 Å². The minimum Gasteiger partial charge on any atom is -0.493 e. The monoisotopic (exact) mass is 294 g/mol. The SMILES string of the molecule is [CH2][C@@H](CC(C)C)NC(=O)c1cc(OC)c(OC)c(OC)c1. The van der Waals surface area contributed by atoms with Crippen LogP contribution in [0, 0.1) is 12.8 Å². The number of benzene rings is 1. The molecule has 5 heteroatoms. The van der Waals surface area contributed by atoms with Crippen molar-refractivity contribution in [2.24, 2.45) is 5.92 Å². The Labute approximate surface area is 126 Å². The van der Waals surface area contributed by atoms with Gasteiger partial charge < -0.3 is 19.5 Å². The molecule has 0 saturated carbocycles. The van der Waals surface area contributed by atoms with Gasteiger partial charge in [0.2, 0.25) is 5.75 Å². The van der Waals surface area contributed by atoms with E-state index in [0.29, 0.717) is 28.7 Å². The third kappa shape index (κ3) is 4.55. The zero-order valence-corrected chi connectivity index (χ0v) is 13.4. The molecule has 21 heavy (non-hydrogen) atoms. The molecule has 0 aliphatic heterocycles. The first-order chi connectivity index (χ1) is 9.92. The van der Waals surface area contributed by atoms with Crippen LogP contribution in [-0.2, 0) is 0 Å². The average molecular weight is 294 g/mol. The molecule has 0 aliphatic rings. The average Bonchev–Trinajstić information content (AvgIpc) is 2.44. The molecule has 117 valence electrons. The second-order valence-corrected chi connectivity index (χ2v) is 5.21. The molecule has 1 radical (unpaired) electrons. The molecule has 0 unspecified atom stereocenters. The number of ether oxygens (including phenoxy) is 3. The number of carbonyl (C=O) groups excluding carboxylic acids is 1. The summed E-state index contributed by atoms with van der Waals surface area (Å²) < 4.78 is 15.7. The Morgan fingerprint density at radius 3 is 2.05 bits per heavy atom. The van der Waals surface area contributed by atoms with Gasteiger partial charge in [-0.3, -0.25) is 4.79 Å². The van der Waals surface area contributed by atoms with Gasteiger partial charge in [0.1, 0.15) is 0 Å². The van der Waals surface area contributed by atoms with Gasteiger partial charge in [0.05, 0.1) is 21.3 Å². The summed E-state index contributed by atoms with van der Waals surface area (Å²) in [6.45, 7) is 8.12.